The summed E-state index contributed by atoms with van der Waals surface area (Å²) < 4.78 is 2.05. The number of carbonyl (C=O) groups is 1. The largest absolute Gasteiger partial charge is 0.325 e. The summed E-state index contributed by atoms with van der Waals surface area (Å²) in [6.45, 7) is 5.93. The van der Waals surface area contributed by atoms with Crippen molar-refractivity contribution >= 4 is 34.4 Å². The number of anilines is 1. The minimum absolute atomic E-state index is 0.117. The van der Waals surface area contributed by atoms with E-state index in [1.165, 1.54) is 17.3 Å². The smallest absolute Gasteiger partial charge is 0.283 e. The maximum Gasteiger partial charge on any atom is 0.283 e. The van der Waals surface area contributed by atoms with Crippen LogP contribution < -0.4 is 10.9 Å². The molecule has 0 aliphatic heterocycles. The second-order valence-corrected chi connectivity index (χ2v) is 8.41. The lowest BCUT2D eigenvalue weighted by molar-refractivity contribution is -0.113. The maximum atomic E-state index is 12.7. The summed E-state index contributed by atoms with van der Waals surface area (Å²) in [4.78, 5) is 34.1. The van der Waals surface area contributed by atoms with Gasteiger partial charge in [-0.2, -0.15) is 4.98 Å². The van der Waals surface area contributed by atoms with Gasteiger partial charge < -0.3 is 9.88 Å². The van der Waals surface area contributed by atoms with E-state index in [1.54, 1.807) is 0 Å². The Morgan fingerprint density at radius 1 is 1.24 bits per heavy atom. The molecule has 2 heterocycles. The minimum atomic E-state index is -0.277. The zero-order chi connectivity index (χ0) is 20.5. The zero-order valence-corrected chi connectivity index (χ0v) is 17.7. The predicted molar refractivity (Wildman–Crippen MR) is 117 cm³/mol. The van der Waals surface area contributed by atoms with Gasteiger partial charge in [-0.3, -0.25) is 9.59 Å². The highest BCUT2D eigenvalue weighted by atomic mass is 32.2. The quantitative estimate of drug-likeness (QED) is 0.492. The average Bonchev–Trinajstić information content (AvgIpc) is 3.50. The fourth-order valence-corrected chi connectivity index (χ4v) is 4.36. The van der Waals surface area contributed by atoms with Crippen molar-refractivity contribution in [2.24, 2.45) is 0 Å². The average molecular weight is 409 g/mol. The maximum absolute atomic E-state index is 12.7. The van der Waals surface area contributed by atoms with Crippen molar-refractivity contribution < 1.29 is 4.79 Å². The third-order valence-electron chi connectivity index (χ3n) is 5.03. The molecule has 150 valence electrons. The van der Waals surface area contributed by atoms with Gasteiger partial charge in [-0.25, -0.2) is 4.98 Å². The van der Waals surface area contributed by atoms with Crippen LogP contribution >= 0.6 is 11.8 Å². The van der Waals surface area contributed by atoms with E-state index in [1.807, 2.05) is 48.7 Å². The van der Waals surface area contributed by atoms with Crippen molar-refractivity contribution in [1.82, 2.24) is 14.5 Å². The zero-order valence-electron chi connectivity index (χ0n) is 16.9. The molecule has 4 rings (SSSR count). The van der Waals surface area contributed by atoms with E-state index in [0.29, 0.717) is 22.2 Å². The molecule has 1 amide bonds. The molecule has 0 radical (unpaired) electrons. The van der Waals surface area contributed by atoms with Gasteiger partial charge in [-0.15, -0.1) is 0 Å². The Labute approximate surface area is 173 Å². The Morgan fingerprint density at radius 3 is 2.76 bits per heavy atom. The van der Waals surface area contributed by atoms with Gasteiger partial charge >= 0.3 is 0 Å². The number of nitrogens with zero attached hydrogens (tertiary/aromatic N) is 3. The van der Waals surface area contributed by atoms with Crippen LogP contribution in [0.4, 0.5) is 5.69 Å². The van der Waals surface area contributed by atoms with Crippen LogP contribution in [0.15, 0.2) is 40.3 Å². The van der Waals surface area contributed by atoms with E-state index in [0.717, 1.165) is 36.2 Å². The number of nitrogens with one attached hydrogen (secondary N) is 1. The Balaban J connectivity index is 1.60. The van der Waals surface area contributed by atoms with Gasteiger partial charge in [0.1, 0.15) is 5.65 Å². The summed E-state index contributed by atoms with van der Waals surface area (Å²) in [7, 11) is 0. The number of aromatic nitrogens is 3. The van der Waals surface area contributed by atoms with E-state index in [-0.39, 0.29) is 17.2 Å². The van der Waals surface area contributed by atoms with Gasteiger partial charge in [0.25, 0.3) is 5.56 Å². The molecule has 1 saturated carbocycles. The van der Waals surface area contributed by atoms with Crippen molar-refractivity contribution in [3.05, 3.63) is 57.5 Å². The number of carbonyl (C=O) groups excluding carboxylic acids is 1. The molecule has 29 heavy (non-hydrogen) atoms. The molecule has 0 unspecified atom stereocenters. The van der Waals surface area contributed by atoms with Crippen molar-refractivity contribution in [3.8, 4) is 0 Å². The van der Waals surface area contributed by atoms with Crippen LogP contribution in [-0.4, -0.2) is 26.2 Å². The highest BCUT2D eigenvalue weighted by Gasteiger charge is 2.29. The van der Waals surface area contributed by atoms with Crippen LogP contribution in [0.25, 0.3) is 11.0 Å². The Morgan fingerprint density at radius 2 is 2.03 bits per heavy atom. The molecule has 1 N–H and O–H groups in total. The Hall–Kier alpha value is -2.67. The predicted octanol–water partition coefficient (Wildman–Crippen LogP) is 4.04. The molecule has 0 atom stereocenters. The fourth-order valence-electron chi connectivity index (χ4n) is 3.50. The number of hydrogen-bond donors (Lipinski definition) is 1. The summed E-state index contributed by atoms with van der Waals surface area (Å²) >= 11 is 1.29. The highest BCUT2D eigenvalue weighted by molar-refractivity contribution is 7.99. The van der Waals surface area contributed by atoms with E-state index in [2.05, 4.69) is 22.2 Å². The van der Waals surface area contributed by atoms with Gasteiger partial charge in [-0.05, 0) is 62.4 Å². The van der Waals surface area contributed by atoms with Gasteiger partial charge in [-0.1, -0.05) is 30.8 Å². The third-order valence-corrected chi connectivity index (χ3v) is 5.99. The highest BCUT2D eigenvalue weighted by Crippen LogP contribution is 2.39. The molecule has 1 aliphatic rings. The number of pyridine rings is 1. The lowest BCUT2D eigenvalue weighted by Crippen LogP contribution is -2.20. The van der Waals surface area contributed by atoms with Crippen molar-refractivity contribution in [2.45, 2.75) is 51.2 Å². The second-order valence-electron chi connectivity index (χ2n) is 7.47. The third kappa shape index (κ3) is 4.19. The first-order valence-corrected chi connectivity index (χ1v) is 10.9. The topological polar surface area (TPSA) is 76.9 Å². The minimum Gasteiger partial charge on any atom is -0.325 e. The first kappa shape index (κ1) is 19.6. The van der Waals surface area contributed by atoms with Crippen LogP contribution in [0.3, 0.4) is 0 Å². The summed E-state index contributed by atoms with van der Waals surface area (Å²) in [5.74, 6) is 0.0690. The van der Waals surface area contributed by atoms with E-state index in [4.69, 9.17) is 0 Å². The molecule has 6 nitrogen and oxygen atoms in total. The number of benzene rings is 1. The molecule has 0 saturated heterocycles. The lowest BCUT2D eigenvalue weighted by atomic mass is 10.1. The summed E-state index contributed by atoms with van der Waals surface area (Å²) in [6.07, 6.45) is 2.99. The summed E-state index contributed by atoms with van der Waals surface area (Å²) in [5.41, 5.74) is 4.13. The Bertz CT molecular complexity index is 1150. The fraction of sp³-hybridized carbons (Fsp3) is 0.364. The van der Waals surface area contributed by atoms with E-state index < -0.39 is 0 Å². The molecule has 2 aromatic heterocycles. The molecule has 1 aliphatic carbocycles. The molecule has 1 aromatic carbocycles. The second kappa shape index (κ2) is 7.99. The van der Waals surface area contributed by atoms with Gasteiger partial charge in [0, 0.05) is 17.4 Å². The molecule has 0 bridgehead atoms. The van der Waals surface area contributed by atoms with Crippen LogP contribution in [0.5, 0.6) is 0 Å². The number of amides is 1. The molecule has 0 spiro atoms. The van der Waals surface area contributed by atoms with Crippen LogP contribution in [0.2, 0.25) is 0 Å². The molecule has 1 fully saturated rings. The van der Waals surface area contributed by atoms with Gasteiger partial charge in [0.2, 0.25) is 5.91 Å². The molecular formula is C22H24N4O2S. The summed E-state index contributed by atoms with van der Waals surface area (Å²) in [5, 5.41) is 4.08. The number of aryl methyl sites for hydroxylation is 3. The number of hydrogen-bond acceptors (Lipinski definition) is 5. The number of thioether (sulfide) groups is 1. The van der Waals surface area contributed by atoms with Crippen molar-refractivity contribution in [3.63, 3.8) is 0 Å². The number of rotatable bonds is 6. The monoisotopic (exact) mass is 408 g/mol. The van der Waals surface area contributed by atoms with Gasteiger partial charge in [0.05, 0.1) is 11.1 Å². The van der Waals surface area contributed by atoms with E-state index >= 15 is 0 Å². The number of fused-ring (bicyclic) bond motifs is 1. The van der Waals surface area contributed by atoms with E-state index in [9.17, 15) is 9.59 Å². The Kier molecular flexibility index (Phi) is 5.41. The molecule has 3 aromatic rings. The van der Waals surface area contributed by atoms with Crippen LogP contribution in [0, 0.1) is 13.8 Å². The normalized spacial score (nSPS) is 13.6. The van der Waals surface area contributed by atoms with Crippen LogP contribution in [-0.2, 0) is 11.2 Å². The SMILES string of the molecule is CCc1cccc(NC(=O)CSc2nc(=O)c3c(C)cc(C)nc3n2C2CC2)c1. The first-order chi connectivity index (χ1) is 14.0. The van der Waals surface area contributed by atoms with Crippen LogP contribution in [0.1, 0.15) is 42.6 Å². The first-order valence-electron chi connectivity index (χ1n) is 9.88. The lowest BCUT2D eigenvalue weighted by Gasteiger charge is -2.15. The van der Waals surface area contributed by atoms with Gasteiger partial charge in [0.15, 0.2) is 5.16 Å². The molecular weight excluding hydrogens is 384 g/mol. The standard InChI is InChI=1S/C22H24N4O2S/c1-4-15-6-5-7-16(11-15)24-18(27)12-29-22-25-21(28)19-13(2)10-14(3)23-20(19)26(22)17-8-9-17/h5-7,10-11,17H,4,8-9,12H2,1-3H3,(H,24,27). The molecule has 7 heteroatoms. The van der Waals surface area contributed by atoms with Crippen molar-refractivity contribution in [1.29, 1.82) is 0 Å². The summed E-state index contributed by atoms with van der Waals surface area (Å²) in [6, 6.07) is 10.0. The van der Waals surface area contributed by atoms with Crippen molar-refractivity contribution in [2.75, 3.05) is 11.1 Å².